The number of rotatable bonds is 4. The van der Waals surface area contributed by atoms with Gasteiger partial charge in [-0.15, -0.1) is 0 Å². The summed E-state index contributed by atoms with van der Waals surface area (Å²) in [6, 6.07) is 0. The SMILES string of the molecule is Cc1cn(C2C[C@H](F)[C@@H](CO)O2)c(=O)n(CCF)c1=O. The molecule has 0 aliphatic carbocycles. The molecule has 3 atom stereocenters. The fourth-order valence-electron chi connectivity index (χ4n) is 2.27. The summed E-state index contributed by atoms with van der Waals surface area (Å²) in [4.78, 5) is 23.9. The summed E-state index contributed by atoms with van der Waals surface area (Å²) in [5.41, 5.74) is -1.07. The van der Waals surface area contributed by atoms with Gasteiger partial charge in [0.05, 0.1) is 13.2 Å². The van der Waals surface area contributed by atoms with E-state index in [4.69, 9.17) is 9.84 Å². The van der Waals surface area contributed by atoms with Gasteiger partial charge in [0, 0.05) is 18.2 Å². The van der Waals surface area contributed by atoms with Crippen molar-refractivity contribution < 1.29 is 18.6 Å². The van der Waals surface area contributed by atoms with Crippen LogP contribution in [-0.4, -0.2) is 39.8 Å². The monoisotopic (exact) mass is 290 g/mol. The minimum Gasteiger partial charge on any atom is -0.394 e. The lowest BCUT2D eigenvalue weighted by Gasteiger charge is -2.17. The summed E-state index contributed by atoms with van der Waals surface area (Å²) < 4.78 is 33.1. The van der Waals surface area contributed by atoms with Crippen molar-refractivity contribution >= 4 is 0 Å². The second-order valence-corrected chi connectivity index (χ2v) is 4.71. The highest BCUT2D eigenvalue weighted by molar-refractivity contribution is 5.04. The van der Waals surface area contributed by atoms with Crippen LogP contribution in [-0.2, 0) is 11.3 Å². The van der Waals surface area contributed by atoms with E-state index in [1.54, 1.807) is 0 Å². The van der Waals surface area contributed by atoms with E-state index in [2.05, 4.69) is 0 Å². The average molecular weight is 290 g/mol. The van der Waals surface area contributed by atoms with E-state index in [0.29, 0.717) is 0 Å². The Labute approximate surface area is 113 Å². The van der Waals surface area contributed by atoms with Crippen LogP contribution in [0, 0.1) is 6.92 Å². The van der Waals surface area contributed by atoms with Gasteiger partial charge in [0.15, 0.2) is 0 Å². The maximum atomic E-state index is 13.6. The van der Waals surface area contributed by atoms with Crippen LogP contribution in [0.4, 0.5) is 8.78 Å². The maximum absolute atomic E-state index is 13.6. The molecule has 1 unspecified atom stereocenters. The van der Waals surface area contributed by atoms with Crippen molar-refractivity contribution in [3.05, 3.63) is 32.6 Å². The molecule has 1 aromatic heterocycles. The van der Waals surface area contributed by atoms with Crippen molar-refractivity contribution in [1.29, 1.82) is 0 Å². The van der Waals surface area contributed by atoms with Crippen LogP contribution in [0.3, 0.4) is 0 Å². The fraction of sp³-hybridized carbons (Fsp3) is 0.667. The summed E-state index contributed by atoms with van der Waals surface area (Å²) >= 11 is 0. The largest absolute Gasteiger partial charge is 0.394 e. The molecule has 20 heavy (non-hydrogen) atoms. The third kappa shape index (κ3) is 2.53. The van der Waals surface area contributed by atoms with Crippen molar-refractivity contribution in [2.45, 2.75) is 38.4 Å². The van der Waals surface area contributed by atoms with Gasteiger partial charge in [-0.3, -0.25) is 13.9 Å². The van der Waals surface area contributed by atoms with Crippen molar-refractivity contribution in [3.8, 4) is 0 Å². The molecular weight excluding hydrogens is 274 g/mol. The van der Waals surface area contributed by atoms with Crippen molar-refractivity contribution in [2.75, 3.05) is 13.3 Å². The molecular formula is C12H16F2N2O4. The zero-order valence-electron chi connectivity index (χ0n) is 11.0. The van der Waals surface area contributed by atoms with Crippen LogP contribution in [0.2, 0.25) is 0 Å². The highest BCUT2D eigenvalue weighted by Gasteiger charge is 2.36. The molecule has 0 radical (unpaired) electrons. The Morgan fingerprint density at radius 2 is 2.20 bits per heavy atom. The van der Waals surface area contributed by atoms with Gasteiger partial charge in [-0.05, 0) is 6.92 Å². The lowest BCUT2D eigenvalue weighted by Crippen LogP contribution is -2.42. The smallest absolute Gasteiger partial charge is 0.333 e. The van der Waals surface area contributed by atoms with Gasteiger partial charge in [0.2, 0.25) is 0 Å². The van der Waals surface area contributed by atoms with Crippen molar-refractivity contribution in [2.24, 2.45) is 0 Å². The number of halogens is 2. The van der Waals surface area contributed by atoms with Crippen LogP contribution >= 0.6 is 0 Å². The number of nitrogens with zero attached hydrogens (tertiary/aromatic N) is 2. The maximum Gasteiger partial charge on any atom is 0.333 e. The van der Waals surface area contributed by atoms with Gasteiger partial charge in [-0.2, -0.15) is 0 Å². The van der Waals surface area contributed by atoms with Crippen LogP contribution in [0.25, 0.3) is 0 Å². The number of alkyl halides is 2. The van der Waals surface area contributed by atoms with Gasteiger partial charge < -0.3 is 9.84 Å². The topological polar surface area (TPSA) is 73.5 Å². The molecule has 6 nitrogen and oxygen atoms in total. The molecule has 1 aliphatic rings. The summed E-state index contributed by atoms with van der Waals surface area (Å²) in [6.07, 6.45) is -2.11. The Morgan fingerprint density at radius 3 is 2.75 bits per heavy atom. The Hall–Kier alpha value is -1.54. The minimum absolute atomic E-state index is 0.0988. The van der Waals surface area contributed by atoms with Crippen molar-refractivity contribution in [3.63, 3.8) is 0 Å². The molecule has 1 fully saturated rings. The molecule has 1 saturated heterocycles. The first kappa shape index (κ1) is 14.9. The molecule has 0 saturated carbocycles. The quantitative estimate of drug-likeness (QED) is 0.841. The molecule has 1 aromatic rings. The molecule has 8 heteroatoms. The second-order valence-electron chi connectivity index (χ2n) is 4.71. The first-order valence-corrected chi connectivity index (χ1v) is 6.28. The Bertz CT molecular complexity index is 598. The molecule has 0 aromatic carbocycles. The number of aliphatic hydroxyl groups excluding tert-OH is 1. The fourth-order valence-corrected chi connectivity index (χ4v) is 2.27. The predicted molar refractivity (Wildman–Crippen MR) is 66.2 cm³/mol. The molecule has 0 amide bonds. The minimum atomic E-state index is -1.39. The summed E-state index contributed by atoms with van der Waals surface area (Å²) in [5, 5.41) is 8.95. The standard InChI is InChI=1S/C12H16F2N2O4/c1-7-5-16(10-4-8(14)9(6-17)20-10)12(19)15(3-2-13)11(7)18/h5,8-10,17H,2-4,6H2,1H3/t8-,9+,10?/m0/s1. The molecule has 1 aliphatic heterocycles. The van der Waals surface area contributed by atoms with E-state index < -0.39 is 43.0 Å². The molecule has 0 spiro atoms. The van der Waals surface area contributed by atoms with Crippen LogP contribution in [0.15, 0.2) is 15.8 Å². The molecule has 1 N–H and O–H groups in total. The zero-order valence-corrected chi connectivity index (χ0v) is 11.0. The van der Waals surface area contributed by atoms with Gasteiger partial charge >= 0.3 is 5.69 Å². The van der Waals surface area contributed by atoms with E-state index in [-0.39, 0.29) is 18.5 Å². The number of aromatic nitrogens is 2. The summed E-state index contributed by atoms with van der Waals surface area (Å²) in [7, 11) is 0. The number of aliphatic hydroxyl groups is 1. The third-order valence-electron chi connectivity index (χ3n) is 3.33. The number of aryl methyl sites for hydroxylation is 1. The van der Waals surface area contributed by atoms with E-state index in [1.165, 1.54) is 13.1 Å². The molecule has 2 heterocycles. The zero-order chi connectivity index (χ0) is 14.9. The van der Waals surface area contributed by atoms with Crippen LogP contribution in [0.1, 0.15) is 18.2 Å². The Morgan fingerprint density at radius 1 is 1.50 bits per heavy atom. The first-order chi connectivity index (χ1) is 9.49. The highest BCUT2D eigenvalue weighted by Crippen LogP contribution is 2.29. The number of hydrogen-bond acceptors (Lipinski definition) is 4. The average Bonchev–Trinajstić information content (AvgIpc) is 2.80. The molecule has 0 bridgehead atoms. The third-order valence-corrected chi connectivity index (χ3v) is 3.33. The normalized spacial score (nSPS) is 26.1. The number of ether oxygens (including phenoxy) is 1. The molecule has 112 valence electrons. The van der Waals surface area contributed by atoms with Crippen molar-refractivity contribution in [1.82, 2.24) is 9.13 Å². The van der Waals surface area contributed by atoms with Gasteiger partial charge in [-0.1, -0.05) is 0 Å². The van der Waals surface area contributed by atoms with E-state index >= 15 is 0 Å². The Kier molecular flexibility index (Phi) is 4.34. The van der Waals surface area contributed by atoms with E-state index in [1.807, 2.05) is 0 Å². The summed E-state index contributed by atoms with van der Waals surface area (Å²) in [6.45, 7) is -0.211. The first-order valence-electron chi connectivity index (χ1n) is 6.28. The van der Waals surface area contributed by atoms with Gasteiger partial charge in [-0.25, -0.2) is 13.6 Å². The van der Waals surface area contributed by atoms with Crippen LogP contribution in [0.5, 0.6) is 0 Å². The Balaban J connectivity index is 2.43. The molecule has 2 rings (SSSR count). The highest BCUT2D eigenvalue weighted by atomic mass is 19.1. The second kappa shape index (κ2) is 5.84. The van der Waals surface area contributed by atoms with E-state index in [9.17, 15) is 18.4 Å². The van der Waals surface area contributed by atoms with Crippen LogP contribution < -0.4 is 11.2 Å². The summed E-state index contributed by atoms with van der Waals surface area (Å²) in [5.74, 6) is 0. The van der Waals surface area contributed by atoms with E-state index in [0.717, 1.165) is 9.13 Å². The lowest BCUT2D eigenvalue weighted by atomic mass is 10.2. The van der Waals surface area contributed by atoms with Gasteiger partial charge in [0.25, 0.3) is 5.56 Å². The van der Waals surface area contributed by atoms with Gasteiger partial charge in [0.1, 0.15) is 25.2 Å². The lowest BCUT2D eigenvalue weighted by molar-refractivity contribution is -0.0362. The predicted octanol–water partition coefficient (Wildman–Crippen LogP) is -0.0942. The number of hydrogen-bond donors (Lipinski definition) is 1.